The van der Waals surface area contributed by atoms with Crippen molar-refractivity contribution in [1.29, 1.82) is 0 Å². The maximum Gasteiger partial charge on any atom is 0.305 e. The summed E-state index contributed by atoms with van der Waals surface area (Å²) in [4.78, 5) is 22.9. The fraction of sp³-hybridized carbons (Fsp3) is 0.857. The second-order valence-electron chi connectivity index (χ2n) is 6.05. The maximum absolute atomic E-state index is 12.0. The summed E-state index contributed by atoms with van der Waals surface area (Å²) in [5.74, 6) is -0.279. The predicted molar refractivity (Wildman–Crippen MR) is 70.2 cm³/mol. The lowest BCUT2D eigenvalue weighted by Crippen LogP contribution is -2.51. The number of hydrogen-bond donors (Lipinski definition) is 2. The van der Waals surface area contributed by atoms with Gasteiger partial charge in [-0.15, -0.1) is 0 Å². The number of carboxylic acids is 1. The third-order valence-electron chi connectivity index (χ3n) is 4.17. The molecule has 104 valence electrons. The van der Waals surface area contributed by atoms with Gasteiger partial charge in [-0.25, -0.2) is 0 Å². The molecule has 1 aliphatic rings. The minimum absolute atomic E-state index is 0.000602. The zero-order valence-corrected chi connectivity index (χ0v) is 11.7. The van der Waals surface area contributed by atoms with Crippen molar-refractivity contribution in [3.05, 3.63) is 0 Å². The minimum Gasteiger partial charge on any atom is -0.481 e. The number of carboxylic acid groups (broad SMARTS) is 1. The third kappa shape index (κ3) is 4.31. The summed E-state index contributed by atoms with van der Waals surface area (Å²) in [5.41, 5.74) is -0.651. The summed E-state index contributed by atoms with van der Waals surface area (Å²) in [6.07, 6.45) is 5.21. The van der Waals surface area contributed by atoms with E-state index in [0.29, 0.717) is 12.3 Å². The zero-order valence-electron chi connectivity index (χ0n) is 11.7. The molecule has 4 heteroatoms. The fourth-order valence-corrected chi connectivity index (χ4v) is 2.55. The van der Waals surface area contributed by atoms with E-state index in [4.69, 9.17) is 5.11 Å². The smallest absolute Gasteiger partial charge is 0.305 e. The standard InChI is InChI=1S/C14H25NO3/c1-10(2)14(3,9-13(17)18)15-12(16)8-11-6-4-5-7-11/h10-11H,4-9H2,1-3H3,(H,15,16)(H,17,18). The summed E-state index contributed by atoms with van der Waals surface area (Å²) in [7, 11) is 0. The topological polar surface area (TPSA) is 66.4 Å². The predicted octanol–water partition coefficient (Wildman–Crippen LogP) is 2.57. The van der Waals surface area contributed by atoms with Crippen LogP contribution >= 0.6 is 0 Å². The number of nitrogens with one attached hydrogen (secondary N) is 1. The molecule has 0 spiro atoms. The molecule has 0 heterocycles. The first-order valence-electron chi connectivity index (χ1n) is 6.86. The van der Waals surface area contributed by atoms with Crippen molar-refractivity contribution in [2.75, 3.05) is 0 Å². The molecular weight excluding hydrogens is 230 g/mol. The molecule has 1 fully saturated rings. The van der Waals surface area contributed by atoms with E-state index in [1.54, 1.807) is 0 Å². The lowest BCUT2D eigenvalue weighted by atomic mass is 9.84. The average Bonchev–Trinajstić information content (AvgIpc) is 2.68. The molecule has 0 aromatic carbocycles. The molecule has 1 aliphatic carbocycles. The van der Waals surface area contributed by atoms with Crippen molar-refractivity contribution < 1.29 is 14.7 Å². The van der Waals surface area contributed by atoms with Crippen LogP contribution in [0.1, 0.15) is 59.3 Å². The van der Waals surface area contributed by atoms with Crippen LogP contribution in [0.4, 0.5) is 0 Å². The number of carbonyl (C=O) groups is 2. The third-order valence-corrected chi connectivity index (χ3v) is 4.17. The SMILES string of the molecule is CC(C)C(C)(CC(=O)O)NC(=O)CC1CCCC1. The van der Waals surface area contributed by atoms with Crippen LogP contribution in [-0.2, 0) is 9.59 Å². The van der Waals surface area contributed by atoms with Crippen molar-refractivity contribution in [1.82, 2.24) is 5.32 Å². The highest BCUT2D eigenvalue weighted by Crippen LogP contribution is 2.28. The van der Waals surface area contributed by atoms with E-state index in [1.165, 1.54) is 12.8 Å². The lowest BCUT2D eigenvalue weighted by molar-refractivity contribution is -0.139. The van der Waals surface area contributed by atoms with Crippen LogP contribution in [0.25, 0.3) is 0 Å². The Balaban J connectivity index is 2.54. The summed E-state index contributed by atoms with van der Waals surface area (Å²) in [6, 6.07) is 0. The van der Waals surface area contributed by atoms with Gasteiger partial charge in [0.25, 0.3) is 0 Å². The van der Waals surface area contributed by atoms with Gasteiger partial charge in [-0.3, -0.25) is 9.59 Å². The lowest BCUT2D eigenvalue weighted by Gasteiger charge is -2.33. The van der Waals surface area contributed by atoms with Crippen molar-refractivity contribution in [2.45, 2.75) is 64.8 Å². The van der Waals surface area contributed by atoms with Crippen LogP contribution in [0.15, 0.2) is 0 Å². The molecule has 1 atom stereocenters. The molecule has 0 bridgehead atoms. The normalized spacial score (nSPS) is 19.8. The number of carbonyl (C=O) groups excluding carboxylic acids is 1. The fourth-order valence-electron chi connectivity index (χ4n) is 2.55. The Morgan fingerprint density at radius 3 is 2.33 bits per heavy atom. The van der Waals surface area contributed by atoms with Gasteiger partial charge in [0, 0.05) is 12.0 Å². The van der Waals surface area contributed by atoms with Crippen molar-refractivity contribution in [2.24, 2.45) is 11.8 Å². The summed E-state index contributed by atoms with van der Waals surface area (Å²) >= 11 is 0. The van der Waals surface area contributed by atoms with E-state index >= 15 is 0 Å². The van der Waals surface area contributed by atoms with Crippen LogP contribution in [0.2, 0.25) is 0 Å². The molecular formula is C14H25NO3. The Labute approximate surface area is 109 Å². The van der Waals surface area contributed by atoms with Gasteiger partial charge in [0.15, 0.2) is 0 Å². The summed E-state index contributed by atoms with van der Waals surface area (Å²) in [6.45, 7) is 5.70. The second-order valence-corrected chi connectivity index (χ2v) is 6.05. The monoisotopic (exact) mass is 255 g/mol. The highest BCUT2D eigenvalue weighted by molar-refractivity contribution is 5.78. The highest BCUT2D eigenvalue weighted by atomic mass is 16.4. The van der Waals surface area contributed by atoms with Gasteiger partial charge in [0.05, 0.1) is 6.42 Å². The van der Waals surface area contributed by atoms with Crippen LogP contribution in [0.5, 0.6) is 0 Å². The van der Waals surface area contributed by atoms with E-state index in [-0.39, 0.29) is 18.2 Å². The van der Waals surface area contributed by atoms with Crippen LogP contribution in [-0.4, -0.2) is 22.5 Å². The van der Waals surface area contributed by atoms with Gasteiger partial charge in [0.1, 0.15) is 0 Å². The largest absolute Gasteiger partial charge is 0.481 e. The maximum atomic E-state index is 12.0. The molecule has 18 heavy (non-hydrogen) atoms. The van der Waals surface area contributed by atoms with Crippen LogP contribution in [0, 0.1) is 11.8 Å². The molecule has 4 nitrogen and oxygen atoms in total. The van der Waals surface area contributed by atoms with Crippen LogP contribution < -0.4 is 5.32 Å². The summed E-state index contributed by atoms with van der Waals surface area (Å²) in [5, 5.41) is 11.9. The molecule has 0 aromatic heterocycles. The van der Waals surface area contributed by atoms with Crippen LogP contribution in [0.3, 0.4) is 0 Å². The molecule has 0 saturated heterocycles. The van der Waals surface area contributed by atoms with Gasteiger partial charge in [-0.05, 0) is 31.6 Å². The van der Waals surface area contributed by atoms with Gasteiger partial charge < -0.3 is 10.4 Å². The Hall–Kier alpha value is -1.06. The van der Waals surface area contributed by atoms with Gasteiger partial charge >= 0.3 is 5.97 Å². The van der Waals surface area contributed by atoms with Gasteiger partial charge in [-0.2, -0.15) is 0 Å². The Morgan fingerprint density at radius 2 is 1.89 bits per heavy atom. The Kier molecular flexibility index (Phi) is 5.17. The first-order chi connectivity index (χ1) is 8.33. The highest BCUT2D eigenvalue weighted by Gasteiger charge is 2.33. The van der Waals surface area contributed by atoms with Gasteiger partial charge in [0.2, 0.25) is 5.91 Å². The van der Waals surface area contributed by atoms with Crippen molar-refractivity contribution >= 4 is 11.9 Å². The van der Waals surface area contributed by atoms with Gasteiger partial charge in [-0.1, -0.05) is 26.7 Å². The van der Waals surface area contributed by atoms with E-state index in [9.17, 15) is 9.59 Å². The quantitative estimate of drug-likeness (QED) is 0.766. The Morgan fingerprint density at radius 1 is 1.33 bits per heavy atom. The van der Waals surface area contributed by atoms with E-state index in [2.05, 4.69) is 5.32 Å². The van der Waals surface area contributed by atoms with Crippen molar-refractivity contribution in [3.8, 4) is 0 Å². The Bertz CT molecular complexity index is 308. The molecule has 0 radical (unpaired) electrons. The minimum atomic E-state index is -0.868. The van der Waals surface area contributed by atoms with E-state index in [0.717, 1.165) is 12.8 Å². The average molecular weight is 255 g/mol. The second kappa shape index (κ2) is 6.21. The molecule has 0 aromatic rings. The molecule has 2 N–H and O–H groups in total. The van der Waals surface area contributed by atoms with Crippen molar-refractivity contribution in [3.63, 3.8) is 0 Å². The summed E-state index contributed by atoms with van der Waals surface area (Å²) < 4.78 is 0. The zero-order chi connectivity index (χ0) is 13.8. The molecule has 1 amide bonds. The number of rotatable bonds is 6. The first-order valence-corrected chi connectivity index (χ1v) is 6.86. The number of amides is 1. The molecule has 0 aliphatic heterocycles. The van der Waals surface area contributed by atoms with E-state index < -0.39 is 11.5 Å². The molecule has 1 rings (SSSR count). The molecule has 1 unspecified atom stereocenters. The first kappa shape index (κ1) is 15.0. The molecule has 1 saturated carbocycles. The number of aliphatic carboxylic acids is 1. The number of hydrogen-bond acceptors (Lipinski definition) is 2. The van der Waals surface area contributed by atoms with E-state index in [1.807, 2.05) is 20.8 Å².